The van der Waals surface area contributed by atoms with Crippen molar-refractivity contribution >= 4 is 25.8 Å². The standard InChI is InChI=1S/C8H15NO5S2/c1-3-4-5-8(10)9-16(13,14)7-6-15(2,11)12/h6-7H,3-5H2,1-2H3,(H,9,10)/b7-6-. The summed E-state index contributed by atoms with van der Waals surface area (Å²) in [4.78, 5) is 11.1. The van der Waals surface area contributed by atoms with E-state index >= 15 is 0 Å². The molecule has 16 heavy (non-hydrogen) atoms. The van der Waals surface area contributed by atoms with Crippen molar-refractivity contribution in [1.82, 2.24) is 4.72 Å². The van der Waals surface area contributed by atoms with Crippen LogP contribution < -0.4 is 4.72 Å². The number of sulfone groups is 1. The van der Waals surface area contributed by atoms with Gasteiger partial charge in [0.15, 0.2) is 9.84 Å². The minimum atomic E-state index is -4.00. The van der Waals surface area contributed by atoms with Gasteiger partial charge >= 0.3 is 0 Å². The Morgan fingerprint density at radius 3 is 2.19 bits per heavy atom. The average molecular weight is 269 g/mol. The summed E-state index contributed by atoms with van der Waals surface area (Å²) in [5.74, 6) is -0.639. The third-order valence-corrected chi connectivity index (χ3v) is 3.30. The fourth-order valence-electron chi connectivity index (χ4n) is 0.755. The largest absolute Gasteiger partial charge is 0.274 e. The monoisotopic (exact) mass is 269 g/mol. The molecule has 1 N–H and O–H groups in total. The molecule has 0 aliphatic heterocycles. The van der Waals surface area contributed by atoms with Crippen LogP contribution in [0.15, 0.2) is 10.8 Å². The first-order valence-electron chi connectivity index (χ1n) is 4.60. The van der Waals surface area contributed by atoms with Crippen LogP contribution in [0.3, 0.4) is 0 Å². The SMILES string of the molecule is CCCCC(=O)NS(=O)(=O)/C=C\S(C)(=O)=O. The first-order valence-corrected chi connectivity index (χ1v) is 8.10. The maximum absolute atomic E-state index is 11.2. The van der Waals surface area contributed by atoms with Gasteiger partial charge in [-0.25, -0.2) is 21.6 Å². The van der Waals surface area contributed by atoms with Crippen molar-refractivity contribution in [2.45, 2.75) is 26.2 Å². The first kappa shape index (κ1) is 15.1. The van der Waals surface area contributed by atoms with Gasteiger partial charge in [0.05, 0.1) is 5.41 Å². The molecular formula is C8H15NO5S2. The van der Waals surface area contributed by atoms with Crippen molar-refractivity contribution in [2.24, 2.45) is 0 Å². The molecule has 0 radical (unpaired) electrons. The molecule has 0 rings (SSSR count). The lowest BCUT2D eigenvalue weighted by Crippen LogP contribution is -2.28. The van der Waals surface area contributed by atoms with Gasteiger partial charge in [0.25, 0.3) is 10.0 Å². The molecule has 6 nitrogen and oxygen atoms in total. The van der Waals surface area contributed by atoms with Crippen molar-refractivity contribution < 1.29 is 21.6 Å². The van der Waals surface area contributed by atoms with Gasteiger partial charge in [-0.15, -0.1) is 0 Å². The number of amides is 1. The summed E-state index contributed by atoms with van der Waals surface area (Å²) in [5.41, 5.74) is 0. The van der Waals surface area contributed by atoms with Crippen LogP contribution in [0, 0.1) is 0 Å². The van der Waals surface area contributed by atoms with Gasteiger partial charge in [0, 0.05) is 18.1 Å². The number of rotatable bonds is 6. The van der Waals surface area contributed by atoms with E-state index in [1.54, 1.807) is 4.72 Å². The molecule has 0 saturated carbocycles. The number of unbranched alkanes of at least 4 members (excludes halogenated alkanes) is 1. The molecule has 94 valence electrons. The van der Waals surface area contributed by atoms with E-state index in [4.69, 9.17) is 0 Å². The Hall–Kier alpha value is -0.890. The Bertz CT molecular complexity index is 461. The van der Waals surface area contributed by atoms with Gasteiger partial charge in [-0.3, -0.25) is 4.79 Å². The highest BCUT2D eigenvalue weighted by molar-refractivity contribution is 7.96. The molecule has 0 fully saturated rings. The molecule has 0 aliphatic rings. The second-order valence-corrected chi connectivity index (χ2v) is 6.77. The molecule has 0 aromatic rings. The normalized spacial score (nSPS) is 12.9. The fraction of sp³-hybridized carbons (Fsp3) is 0.625. The number of sulfonamides is 1. The van der Waals surface area contributed by atoms with Crippen LogP contribution >= 0.6 is 0 Å². The van der Waals surface area contributed by atoms with E-state index < -0.39 is 25.8 Å². The smallest absolute Gasteiger partial charge is 0.257 e. The fourth-order valence-corrected chi connectivity index (χ4v) is 2.63. The third-order valence-electron chi connectivity index (χ3n) is 1.50. The number of nitrogens with one attached hydrogen (secondary N) is 1. The molecule has 1 amide bonds. The molecule has 0 saturated heterocycles. The van der Waals surface area contributed by atoms with E-state index in [9.17, 15) is 21.6 Å². The van der Waals surface area contributed by atoms with Crippen molar-refractivity contribution in [3.8, 4) is 0 Å². The quantitative estimate of drug-likeness (QED) is 0.739. The molecule has 0 heterocycles. The second kappa shape index (κ2) is 6.00. The molecule has 0 aromatic heterocycles. The Morgan fingerprint density at radius 1 is 1.19 bits per heavy atom. The van der Waals surface area contributed by atoms with Crippen molar-refractivity contribution in [1.29, 1.82) is 0 Å². The van der Waals surface area contributed by atoms with Crippen LogP contribution in [-0.4, -0.2) is 29.0 Å². The predicted molar refractivity (Wildman–Crippen MR) is 60.6 cm³/mol. The Labute approximate surface area is 95.7 Å². The van der Waals surface area contributed by atoms with Crippen molar-refractivity contribution in [3.05, 3.63) is 10.8 Å². The Morgan fingerprint density at radius 2 is 1.75 bits per heavy atom. The summed E-state index contributed by atoms with van der Waals surface area (Å²) >= 11 is 0. The lowest BCUT2D eigenvalue weighted by Gasteiger charge is -2.01. The molecule has 0 unspecified atom stereocenters. The van der Waals surface area contributed by atoms with Gasteiger partial charge < -0.3 is 0 Å². The van der Waals surface area contributed by atoms with Crippen molar-refractivity contribution in [3.63, 3.8) is 0 Å². The van der Waals surface area contributed by atoms with Crippen LogP contribution in [0.25, 0.3) is 0 Å². The van der Waals surface area contributed by atoms with Gasteiger partial charge in [-0.2, -0.15) is 0 Å². The zero-order valence-corrected chi connectivity index (χ0v) is 10.8. The molecular weight excluding hydrogens is 254 g/mol. The minimum absolute atomic E-state index is 0.0996. The first-order chi connectivity index (χ1) is 7.16. The minimum Gasteiger partial charge on any atom is -0.274 e. The summed E-state index contributed by atoms with van der Waals surface area (Å²) in [7, 11) is -7.52. The lowest BCUT2D eigenvalue weighted by atomic mass is 10.2. The number of hydrogen-bond acceptors (Lipinski definition) is 5. The molecule has 0 aromatic carbocycles. The predicted octanol–water partition coefficient (Wildman–Crippen LogP) is 0.138. The number of carbonyl (C=O) groups is 1. The highest BCUT2D eigenvalue weighted by Gasteiger charge is 2.11. The Balaban J connectivity index is 4.49. The average Bonchev–Trinajstić information content (AvgIpc) is 2.10. The molecule has 0 bridgehead atoms. The highest BCUT2D eigenvalue weighted by Crippen LogP contribution is 1.97. The summed E-state index contributed by atoms with van der Waals surface area (Å²) < 4.78 is 45.4. The van der Waals surface area contributed by atoms with E-state index in [-0.39, 0.29) is 6.42 Å². The molecule has 8 heteroatoms. The van der Waals surface area contributed by atoms with Crippen LogP contribution in [0.5, 0.6) is 0 Å². The molecule has 0 spiro atoms. The van der Waals surface area contributed by atoms with E-state index in [1.165, 1.54) is 0 Å². The molecule has 0 atom stereocenters. The van der Waals surface area contributed by atoms with Gasteiger partial charge in [-0.1, -0.05) is 13.3 Å². The van der Waals surface area contributed by atoms with Crippen LogP contribution in [0.1, 0.15) is 26.2 Å². The van der Waals surface area contributed by atoms with E-state index in [1.807, 2.05) is 6.92 Å². The summed E-state index contributed by atoms with van der Waals surface area (Å²) in [6.07, 6.45) is 2.31. The van der Waals surface area contributed by atoms with Crippen LogP contribution in [0.4, 0.5) is 0 Å². The van der Waals surface area contributed by atoms with E-state index in [0.29, 0.717) is 17.2 Å². The van der Waals surface area contributed by atoms with Gasteiger partial charge in [0.2, 0.25) is 5.91 Å². The van der Waals surface area contributed by atoms with Crippen LogP contribution in [0.2, 0.25) is 0 Å². The summed E-state index contributed by atoms with van der Waals surface area (Å²) in [5, 5.41) is 0.995. The number of hydrogen-bond donors (Lipinski definition) is 1. The number of carbonyl (C=O) groups excluding carboxylic acids is 1. The van der Waals surface area contributed by atoms with E-state index in [2.05, 4.69) is 0 Å². The highest BCUT2D eigenvalue weighted by atomic mass is 32.2. The van der Waals surface area contributed by atoms with E-state index in [0.717, 1.165) is 12.7 Å². The zero-order valence-electron chi connectivity index (χ0n) is 9.13. The van der Waals surface area contributed by atoms with Gasteiger partial charge in [-0.05, 0) is 6.42 Å². The maximum Gasteiger partial charge on any atom is 0.257 e. The Kier molecular flexibility index (Phi) is 5.66. The second-order valence-electron chi connectivity index (χ2n) is 3.28. The van der Waals surface area contributed by atoms with Crippen LogP contribution in [-0.2, 0) is 24.7 Å². The topological polar surface area (TPSA) is 97.4 Å². The lowest BCUT2D eigenvalue weighted by molar-refractivity contribution is -0.119. The zero-order chi connectivity index (χ0) is 12.8. The maximum atomic E-state index is 11.2. The molecule has 0 aliphatic carbocycles. The third kappa shape index (κ3) is 8.42. The summed E-state index contributed by atoms with van der Waals surface area (Å²) in [6.45, 7) is 1.87. The van der Waals surface area contributed by atoms with Gasteiger partial charge in [0.1, 0.15) is 0 Å². The van der Waals surface area contributed by atoms with Crippen molar-refractivity contribution in [2.75, 3.05) is 6.26 Å². The summed E-state index contributed by atoms with van der Waals surface area (Å²) in [6, 6.07) is 0.